The van der Waals surface area contributed by atoms with Gasteiger partial charge in [-0.1, -0.05) is 6.07 Å². The van der Waals surface area contributed by atoms with Crippen molar-refractivity contribution in [1.29, 1.82) is 5.26 Å². The summed E-state index contributed by atoms with van der Waals surface area (Å²) >= 11 is 0. The van der Waals surface area contributed by atoms with Gasteiger partial charge in [0.05, 0.1) is 18.2 Å². The monoisotopic (exact) mass is 190 g/mol. The molecule has 0 saturated carbocycles. The smallest absolute Gasteiger partial charge is 0.0994 e. The molecule has 0 saturated heterocycles. The van der Waals surface area contributed by atoms with Crippen molar-refractivity contribution in [2.45, 2.75) is 20.3 Å². The molecule has 1 aromatic carbocycles. The van der Waals surface area contributed by atoms with Crippen LogP contribution in [-0.2, 0) is 11.3 Å². The maximum Gasteiger partial charge on any atom is 0.0994 e. The predicted molar refractivity (Wildman–Crippen MR) is 54.5 cm³/mol. The molecule has 0 fully saturated rings. The molecule has 0 aliphatic heterocycles. The Hall–Kier alpha value is -1.37. The minimum atomic E-state index is 0.480. The summed E-state index contributed by atoms with van der Waals surface area (Å²) in [6.07, 6.45) is 0.742. The molecule has 2 N–H and O–H groups in total. The second-order valence-electron chi connectivity index (χ2n) is 3.32. The number of nitrogens with zero attached hydrogens (tertiary/aromatic N) is 1. The Kier molecular flexibility index (Phi) is 3.63. The lowest BCUT2D eigenvalue weighted by molar-refractivity contribution is 0.141. The van der Waals surface area contributed by atoms with Gasteiger partial charge in [-0.3, -0.25) is 0 Å². The van der Waals surface area contributed by atoms with Crippen molar-refractivity contribution in [3.05, 3.63) is 34.4 Å². The van der Waals surface area contributed by atoms with E-state index in [1.54, 1.807) is 0 Å². The van der Waals surface area contributed by atoms with Crippen molar-refractivity contribution >= 4 is 0 Å². The molecule has 0 radical (unpaired) electrons. The van der Waals surface area contributed by atoms with Gasteiger partial charge in [-0.2, -0.15) is 5.26 Å². The van der Waals surface area contributed by atoms with E-state index in [0.717, 1.165) is 28.7 Å². The van der Waals surface area contributed by atoms with Crippen molar-refractivity contribution in [2.24, 2.45) is 5.90 Å². The first kappa shape index (κ1) is 10.7. The van der Waals surface area contributed by atoms with Gasteiger partial charge in [0.2, 0.25) is 0 Å². The lowest BCUT2D eigenvalue weighted by Gasteiger charge is -2.06. The molecule has 1 aromatic rings. The van der Waals surface area contributed by atoms with Gasteiger partial charge in [-0.25, -0.2) is 5.90 Å². The van der Waals surface area contributed by atoms with E-state index in [9.17, 15) is 0 Å². The van der Waals surface area contributed by atoms with E-state index in [0.29, 0.717) is 6.61 Å². The Morgan fingerprint density at radius 3 is 2.71 bits per heavy atom. The lowest BCUT2D eigenvalue weighted by Crippen LogP contribution is -2.04. The lowest BCUT2D eigenvalue weighted by atomic mass is 9.99. The SMILES string of the molecule is Cc1cc(CCON)cc(C#N)c1C. The van der Waals surface area contributed by atoms with Crippen LogP contribution in [0, 0.1) is 25.2 Å². The summed E-state index contributed by atoms with van der Waals surface area (Å²) in [5, 5.41) is 8.89. The average molecular weight is 190 g/mol. The second-order valence-corrected chi connectivity index (χ2v) is 3.32. The van der Waals surface area contributed by atoms with E-state index in [1.165, 1.54) is 0 Å². The predicted octanol–water partition coefficient (Wildman–Crippen LogP) is 1.61. The van der Waals surface area contributed by atoms with Crippen LogP contribution in [0.2, 0.25) is 0 Å². The molecule has 0 spiro atoms. The summed E-state index contributed by atoms with van der Waals surface area (Å²) in [7, 11) is 0. The average Bonchev–Trinajstić information content (AvgIpc) is 2.19. The van der Waals surface area contributed by atoms with Crippen molar-refractivity contribution in [3.63, 3.8) is 0 Å². The Morgan fingerprint density at radius 1 is 1.43 bits per heavy atom. The standard InChI is InChI=1S/C11H14N2O/c1-8-5-10(3-4-14-13)6-11(7-12)9(8)2/h5-6H,3-4,13H2,1-2H3. The van der Waals surface area contributed by atoms with Crippen LogP contribution < -0.4 is 5.90 Å². The fraction of sp³-hybridized carbons (Fsp3) is 0.364. The summed E-state index contributed by atoms with van der Waals surface area (Å²) in [6.45, 7) is 4.44. The fourth-order valence-corrected chi connectivity index (χ4v) is 1.37. The molecule has 14 heavy (non-hydrogen) atoms. The zero-order valence-corrected chi connectivity index (χ0v) is 8.50. The Morgan fingerprint density at radius 2 is 2.14 bits per heavy atom. The maximum atomic E-state index is 8.89. The summed E-state index contributed by atoms with van der Waals surface area (Å²) in [6, 6.07) is 6.14. The molecule has 3 heteroatoms. The second kappa shape index (κ2) is 4.75. The van der Waals surface area contributed by atoms with Crippen LogP contribution in [-0.4, -0.2) is 6.61 Å². The molecular formula is C11H14N2O. The van der Waals surface area contributed by atoms with Crippen LogP contribution in [0.25, 0.3) is 0 Å². The highest BCUT2D eigenvalue weighted by Gasteiger charge is 2.03. The highest BCUT2D eigenvalue weighted by atomic mass is 16.6. The third kappa shape index (κ3) is 2.32. The maximum absolute atomic E-state index is 8.89. The van der Waals surface area contributed by atoms with Crippen LogP contribution in [0.5, 0.6) is 0 Å². The highest BCUT2D eigenvalue weighted by Crippen LogP contribution is 2.15. The van der Waals surface area contributed by atoms with Crippen molar-refractivity contribution < 1.29 is 4.84 Å². The Labute approximate surface area is 84.1 Å². The van der Waals surface area contributed by atoms with E-state index in [1.807, 2.05) is 19.9 Å². The van der Waals surface area contributed by atoms with Gasteiger partial charge in [0.1, 0.15) is 0 Å². The van der Waals surface area contributed by atoms with Crippen LogP contribution in [0.1, 0.15) is 22.3 Å². The van der Waals surface area contributed by atoms with Crippen molar-refractivity contribution in [3.8, 4) is 6.07 Å². The summed E-state index contributed by atoms with van der Waals surface area (Å²) in [5.74, 6) is 4.95. The van der Waals surface area contributed by atoms with Crippen LogP contribution in [0.4, 0.5) is 0 Å². The first-order chi connectivity index (χ1) is 6.69. The molecule has 0 aliphatic carbocycles. The van der Waals surface area contributed by atoms with Gasteiger partial charge in [-0.15, -0.1) is 0 Å². The summed E-state index contributed by atoms with van der Waals surface area (Å²) in [4.78, 5) is 4.51. The van der Waals surface area contributed by atoms with E-state index in [-0.39, 0.29) is 0 Å². The van der Waals surface area contributed by atoms with Crippen molar-refractivity contribution in [2.75, 3.05) is 6.61 Å². The van der Waals surface area contributed by atoms with Gasteiger partial charge in [0, 0.05) is 0 Å². The van der Waals surface area contributed by atoms with Gasteiger partial charge in [0.15, 0.2) is 0 Å². The molecule has 0 unspecified atom stereocenters. The van der Waals surface area contributed by atoms with Crippen LogP contribution in [0.15, 0.2) is 12.1 Å². The first-order valence-electron chi connectivity index (χ1n) is 4.51. The normalized spacial score (nSPS) is 9.86. The molecule has 74 valence electrons. The van der Waals surface area contributed by atoms with E-state index >= 15 is 0 Å². The Bertz CT molecular complexity index is 366. The largest absolute Gasteiger partial charge is 0.304 e. The molecule has 3 nitrogen and oxygen atoms in total. The first-order valence-corrected chi connectivity index (χ1v) is 4.51. The number of nitrogens with two attached hydrogens (primary N) is 1. The molecular weight excluding hydrogens is 176 g/mol. The topological polar surface area (TPSA) is 59.0 Å². The fourth-order valence-electron chi connectivity index (χ4n) is 1.37. The van der Waals surface area contributed by atoms with E-state index in [4.69, 9.17) is 11.2 Å². The van der Waals surface area contributed by atoms with Gasteiger partial charge >= 0.3 is 0 Å². The zero-order chi connectivity index (χ0) is 10.6. The molecule has 0 atom stereocenters. The zero-order valence-electron chi connectivity index (χ0n) is 8.50. The van der Waals surface area contributed by atoms with E-state index in [2.05, 4.69) is 17.0 Å². The minimum Gasteiger partial charge on any atom is -0.304 e. The molecule has 0 amide bonds. The number of hydrogen-bond donors (Lipinski definition) is 1. The Balaban J connectivity index is 2.99. The number of aryl methyl sites for hydroxylation is 1. The molecule has 0 bridgehead atoms. The molecule has 1 rings (SSSR count). The number of benzene rings is 1. The quantitative estimate of drug-likeness (QED) is 0.736. The van der Waals surface area contributed by atoms with E-state index < -0.39 is 0 Å². The third-order valence-corrected chi connectivity index (χ3v) is 2.36. The highest BCUT2D eigenvalue weighted by molar-refractivity contribution is 5.44. The third-order valence-electron chi connectivity index (χ3n) is 2.36. The van der Waals surface area contributed by atoms with Gasteiger partial charge in [-0.05, 0) is 43.0 Å². The summed E-state index contributed by atoms with van der Waals surface area (Å²) < 4.78 is 0. The summed E-state index contributed by atoms with van der Waals surface area (Å²) in [5.41, 5.74) is 4.01. The van der Waals surface area contributed by atoms with Crippen LogP contribution in [0.3, 0.4) is 0 Å². The van der Waals surface area contributed by atoms with Gasteiger partial charge < -0.3 is 4.84 Å². The molecule has 0 heterocycles. The molecule has 0 aliphatic rings. The molecule has 0 aromatic heterocycles. The van der Waals surface area contributed by atoms with Crippen molar-refractivity contribution in [1.82, 2.24) is 0 Å². The minimum absolute atomic E-state index is 0.480. The number of hydrogen-bond acceptors (Lipinski definition) is 3. The number of nitriles is 1. The number of rotatable bonds is 3. The van der Waals surface area contributed by atoms with Crippen LogP contribution >= 0.6 is 0 Å². The van der Waals surface area contributed by atoms with Gasteiger partial charge in [0.25, 0.3) is 0 Å².